The van der Waals surface area contributed by atoms with Gasteiger partial charge in [0.1, 0.15) is 0 Å². The molecule has 2 aromatic rings. The van der Waals surface area contributed by atoms with E-state index in [0.29, 0.717) is 5.02 Å². The van der Waals surface area contributed by atoms with Crippen LogP contribution in [0.1, 0.15) is 22.5 Å². The molecule has 1 aliphatic heterocycles. The molecule has 86 valence electrons. The predicted molar refractivity (Wildman–Crippen MR) is 84.5 cm³/mol. The van der Waals surface area contributed by atoms with Gasteiger partial charge in [-0.1, -0.05) is 41.9 Å². The second-order valence-corrected chi connectivity index (χ2v) is 6.34. The van der Waals surface area contributed by atoms with Crippen molar-refractivity contribution in [3.05, 3.63) is 64.2 Å². The molecular formula is C14H8B3ClS. The fourth-order valence-electron chi connectivity index (χ4n) is 2.42. The van der Waals surface area contributed by atoms with Crippen LogP contribution in [-0.2, 0) is 4.55 Å². The van der Waals surface area contributed by atoms with Gasteiger partial charge in [0.15, 0.2) is 0 Å². The molecule has 0 saturated carbocycles. The van der Waals surface area contributed by atoms with Crippen LogP contribution >= 0.6 is 23.4 Å². The highest BCUT2D eigenvalue weighted by Gasteiger charge is 2.32. The summed E-state index contributed by atoms with van der Waals surface area (Å²) in [5, 5.41) is 0.600. The van der Waals surface area contributed by atoms with Gasteiger partial charge >= 0.3 is 0 Å². The Morgan fingerprint density at radius 2 is 1.79 bits per heavy atom. The molecule has 0 aliphatic carbocycles. The molecule has 3 rings (SSSR count). The summed E-state index contributed by atoms with van der Waals surface area (Å²) in [7, 11) is 18.9. The van der Waals surface area contributed by atoms with Crippen LogP contribution in [0.2, 0.25) is 5.02 Å². The van der Waals surface area contributed by atoms with Crippen LogP contribution in [-0.4, -0.2) is 23.5 Å². The summed E-state index contributed by atoms with van der Waals surface area (Å²) in [5.74, 6) is -0.318. The number of hydrogen-bond acceptors (Lipinski definition) is 1. The van der Waals surface area contributed by atoms with E-state index in [9.17, 15) is 0 Å². The van der Waals surface area contributed by atoms with E-state index in [0.717, 1.165) is 21.6 Å². The molecule has 0 amide bonds. The van der Waals surface area contributed by atoms with Gasteiger partial charge < -0.3 is 0 Å². The maximum absolute atomic E-state index is 6.37. The lowest BCUT2D eigenvalue weighted by Gasteiger charge is -2.27. The zero-order chi connectivity index (χ0) is 13.6. The number of halogens is 1. The molecule has 1 atom stereocenters. The van der Waals surface area contributed by atoms with Crippen molar-refractivity contribution in [2.24, 2.45) is 0 Å². The average Bonchev–Trinajstić information content (AvgIpc) is 2.45. The lowest BCUT2D eigenvalue weighted by Crippen LogP contribution is -2.23. The number of benzene rings is 2. The zero-order valence-electron chi connectivity index (χ0n) is 10.1. The molecule has 0 fully saturated rings. The van der Waals surface area contributed by atoms with Crippen LogP contribution in [0.15, 0.2) is 47.4 Å². The van der Waals surface area contributed by atoms with Crippen molar-refractivity contribution in [1.82, 2.24) is 0 Å². The quantitative estimate of drug-likeness (QED) is 0.666. The largest absolute Gasteiger partial charge is 0.134 e. The van der Waals surface area contributed by atoms with Crippen molar-refractivity contribution in [3.8, 4) is 0 Å². The molecule has 1 unspecified atom stereocenters. The highest BCUT2D eigenvalue weighted by Crippen LogP contribution is 2.48. The zero-order valence-corrected chi connectivity index (χ0v) is 11.7. The minimum atomic E-state index is -1.04. The van der Waals surface area contributed by atoms with Crippen LogP contribution in [0.5, 0.6) is 0 Å². The summed E-state index contributed by atoms with van der Waals surface area (Å²) in [6.07, 6.45) is 0. The first-order valence-corrected chi connectivity index (χ1v) is 7.10. The summed E-state index contributed by atoms with van der Waals surface area (Å²) in [4.78, 5) is 0.993. The molecule has 0 bridgehead atoms. The number of rotatable bonds is 0. The molecule has 0 nitrogen and oxygen atoms in total. The van der Waals surface area contributed by atoms with E-state index in [1.54, 1.807) is 0 Å². The van der Waals surface area contributed by atoms with Crippen molar-refractivity contribution in [1.29, 1.82) is 0 Å². The van der Waals surface area contributed by atoms with E-state index in [-0.39, 0.29) is 5.82 Å². The monoisotopic (exact) mass is 276 g/mol. The predicted octanol–water partition coefficient (Wildman–Crippen LogP) is 3.15. The van der Waals surface area contributed by atoms with Gasteiger partial charge in [-0.2, -0.15) is 0 Å². The first kappa shape index (κ1) is 13.3. The third kappa shape index (κ3) is 2.15. The number of hydrogen-bond donors (Lipinski definition) is 0. The topological polar surface area (TPSA) is 0 Å². The fourth-order valence-corrected chi connectivity index (χ4v) is 3.82. The maximum atomic E-state index is 6.37. The Labute approximate surface area is 126 Å². The van der Waals surface area contributed by atoms with Gasteiger partial charge in [-0.25, -0.2) is 0 Å². The summed E-state index contributed by atoms with van der Waals surface area (Å²) in [5.41, 5.74) is 2.60. The second kappa shape index (κ2) is 4.68. The minimum absolute atomic E-state index is 0.318. The van der Waals surface area contributed by atoms with Gasteiger partial charge in [-0.15, -0.1) is 11.8 Å². The Kier molecular flexibility index (Phi) is 3.27. The summed E-state index contributed by atoms with van der Waals surface area (Å²) < 4.78 is -1.04. The summed E-state index contributed by atoms with van der Waals surface area (Å²) in [6, 6.07) is 13.4. The van der Waals surface area contributed by atoms with Crippen molar-refractivity contribution in [3.63, 3.8) is 0 Å². The Balaban J connectivity index is 2.33. The SMILES string of the molecule is [B]C1c2ccccc2SC([B])([B])c2cccc(Cl)c21. The van der Waals surface area contributed by atoms with E-state index in [2.05, 4.69) is 0 Å². The lowest BCUT2D eigenvalue weighted by atomic mass is 9.61. The van der Waals surface area contributed by atoms with Gasteiger partial charge in [-0.3, -0.25) is 0 Å². The van der Waals surface area contributed by atoms with Gasteiger partial charge in [0.25, 0.3) is 0 Å². The number of thioether (sulfide) groups is 1. The third-order valence-corrected chi connectivity index (χ3v) is 4.80. The Bertz CT molecular complexity index is 642. The molecule has 2 aromatic carbocycles. The second-order valence-electron chi connectivity index (χ2n) is 4.61. The molecule has 0 aromatic heterocycles. The van der Waals surface area contributed by atoms with Gasteiger partial charge in [0.05, 0.1) is 23.5 Å². The first-order valence-electron chi connectivity index (χ1n) is 5.91. The van der Waals surface area contributed by atoms with E-state index in [1.807, 2.05) is 42.5 Å². The first-order chi connectivity index (χ1) is 9.00. The standard InChI is InChI=1S/C14H8B3ClS/c15-13-8-4-1-2-7-11(8)19-14(16,17)9-5-3-6-10(18)12(9)13/h1-7,13H. The molecule has 6 radical (unpaired) electrons. The molecule has 19 heavy (non-hydrogen) atoms. The number of fused-ring (bicyclic) bond motifs is 2. The van der Waals surface area contributed by atoms with E-state index >= 15 is 0 Å². The lowest BCUT2D eigenvalue weighted by molar-refractivity contribution is 1.06. The smallest absolute Gasteiger partial charge is 0.0830 e. The van der Waals surface area contributed by atoms with E-state index in [1.165, 1.54) is 11.8 Å². The van der Waals surface area contributed by atoms with Gasteiger partial charge in [0.2, 0.25) is 0 Å². The van der Waals surface area contributed by atoms with Crippen LogP contribution in [0.4, 0.5) is 0 Å². The van der Waals surface area contributed by atoms with Crippen LogP contribution in [0, 0.1) is 0 Å². The van der Waals surface area contributed by atoms with Crippen molar-refractivity contribution < 1.29 is 0 Å². The van der Waals surface area contributed by atoms with E-state index in [4.69, 9.17) is 35.1 Å². The third-order valence-electron chi connectivity index (χ3n) is 3.32. The van der Waals surface area contributed by atoms with Crippen LogP contribution in [0.3, 0.4) is 0 Å². The summed E-state index contributed by atoms with van der Waals surface area (Å²) in [6.45, 7) is 0. The Morgan fingerprint density at radius 3 is 2.58 bits per heavy atom. The van der Waals surface area contributed by atoms with Crippen molar-refractivity contribution in [2.45, 2.75) is 15.3 Å². The Morgan fingerprint density at radius 1 is 1.05 bits per heavy atom. The maximum Gasteiger partial charge on any atom is 0.0830 e. The van der Waals surface area contributed by atoms with E-state index < -0.39 is 4.55 Å². The Hall–Kier alpha value is -0.725. The van der Waals surface area contributed by atoms with Crippen molar-refractivity contribution in [2.75, 3.05) is 0 Å². The molecule has 0 N–H and O–H groups in total. The molecule has 1 aliphatic rings. The minimum Gasteiger partial charge on any atom is -0.134 e. The molecular weight excluding hydrogens is 268 g/mol. The molecule has 1 heterocycles. The molecule has 0 spiro atoms. The average molecular weight is 276 g/mol. The van der Waals surface area contributed by atoms with Gasteiger partial charge in [-0.05, 0) is 39.2 Å². The summed E-state index contributed by atoms with van der Waals surface area (Å²) >= 11 is 7.71. The highest BCUT2D eigenvalue weighted by atomic mass is 35.5. The van der Waals surface area contributed by atoms with Crippen LogP contribution in [0.25, 0.3) is 0 Å². The normalized spacial score (nSPS) is 20.2. The molecule has 0 saturated heterocycles. The van der Waals surface area contributed by atoms with Crippen molar-refractivity contribution >= 4 is 46.9 Å². The van der Waals surface area contributed by atoms with Gasteiger partial charge in [0, 0.05) is 9.92 Å². The fraction of sp³-hybridized carbons (Fsp3) is 0.143. The van der Waals surface area contributed by atoms with Crippen LogP contribution < -0.4 is 0 Å². The highest BCUT2D eigenvalue weighted by molar-refractivity contribution is 8.02. The molecule has 5 heteroatoms.